The van der Waals surface area contributed by atoms with Crippen LogP contribution < -0.4 is 0 Å². The molecule has 0 aromatic rings. The van der Waals surface area contributed by atoms with Crippen LogP contribution in [0.3, 0.4) is 0 Å². The van der Waals surface area contributed by atoms with Crippen LogP contribution >= 0.6 is 7.02 Å². The van der Waals surface area contributed by atoms with Crippen LogP contribution in [-0.2, 0) is 8.85 Å². The summed E-state index contributed by atoms with van der Waals surface area (Å²) in [7, 11) is -0.0293. The average Bonchev–Trinajstić information content (AvgIpc) is 2.13. The number of hydrogen-bond donors (Lipinski definition) is 0. The fourth-order valence-electron chi connectivity index (χ4n) is 2.28. The molecule has 0 aliphatic carbocycles. The lowest BCUT2D eigenvalue weighted by Crippen LogP contribution is -2.40. The molecule has 2 nitrogen and oxygen atoms in total. The van der Waals surface area contributed by atoms with E-state index in [4.69, 9.17) is 8.85 Å². The Labute approximate surface area is 112 Å². The maximum absolute atomic E-state index is 5.62. The highest BCUT2D eigenvalue weighted by Crippen LogP contribution is 2.55. The van der Waals surface area contributed by atoms with E-state index >= 15 is 0 Å². The third-order valence-electron chi connectivity index (χ3n) is 3.27. The van der Waals surface area contributed by atoms with Gasteiger partial charge in [-0.2, -0.15) is 0 Å². The maximum Gasteiger partial charge on any atom is 0.334 e. The van der Waals surface area contributed by atoms with Crippen LogP contribution in [0.15, 0.2) is 0 Å². The Balaban J connectivity index is 4.70. The molecule has 0 heterocycles. The Kier molecular flexibility index (Phi) is 6.82. The van der Waals surface area contributed by atoms with Crippen molar-refractivity contribution in [2.45, 2.75) is 51.9 Å². The second kappa shape index (κ2) is 6.44. The smallest absolute Gasteiger partial charge is 0.334 e. The van der Waals surface area contributed by atoms with Crippen molar-refractivity contribution in [3.63, 3.8) is 0 Å². The van der Waals surface area contributed by atoms with Gasteiger partial charge in [0.2, 0.25) is 0 Å². The van der Waals surface area contributed by atoms with E-state index in [1.807, 2.05) is 0 Å². The third kappa shape index (κ3) is 6.12. The van der Waals surface area contributed by atoms with Gasteiger partial charge in [-0.3, -0.25) is 0 Å². The second-order valence-electron chi connectivity index (χ2n) is 6.79. The van der Waals surface area contributed by atoms with Gasteiger partial charge in [-0.1, -0.05) is 39.3 Å². The highest BCUT2D eigenvalue weighted by molar-refractivity contribution is 8.18. The lowest BCUT2D eigenvalue weighted by atomic mass is 11.0. The molecule has 0 saturated heterocycles. The Morgan fingerprint density at radius 1 is 0.765 bits per heavy atom. The Morgan fingerprint density at radius 2 is 1.12 bits per heavy atom. The first-order valence-corrected chi connectivity index (χ1v) is 19.1. The largest absolute Gasteiger partial charge is 0.398 e. The summed E-state index contributed by atoms with van der Waals surface area (Å²) in [6.07, 6.45) is 1.37. The van der Waals surface area contributed by atoms with E-state index in [9.17, 15) is 0 Å². The molecular weight excluding hydrogens is 279 g/mol. The molecule has 0 bridgehead atoms. The van der Waals surface area contributed by atoms with Gasteiger partial charge in [-0.15, -0.1) is 7.02 Å². The van der Waals surface area contributed by atoms with Gasteiger partial charge in [0.15, 0.2) is 0 Å². The Hall–Kier alpha value is 1.00. The second-order valence-corrected chi connectivity index (χ2v) is 33.0. The first-order chi connectivity index (χ1) is 7.46. The molecular formula is C11H31O2PSi3. The molecule has 0 aliphatic rings. The van der Waals surface area contributed by atoms with Gasteiger partial charge >= 0.3 is 8.56 Å². The van der Waals surface area contributed by atoms with Crippen LogP contribution in [0.5, 0.6) is 0 Å². The maximum atomic E-state index is 5.62. The minimum Gasteiger partial charge on any atom is -0.398 e. The average molecular weight is 311 g/mol. The van der Waals surface area contributed by atoms with Crippen LogP contribution in [-0.4, -0.2) is 44.4 Å². The molecule has 6 heteroatoms. The van der Waals surface area contributed by atoms with E-state index in [0.29, 0.717) is 0 Å². The molecule has 0 aromatic heterocycles. The zero-order valence-electron chi connectivity index (χ0n) is 13.2. The lowest BCUT2D eigenvalue weighted by molar-refractivity contribution is 0.251. The zero-order chi connectivity index (χ0) is 13.9. The van der Waals surface area contributed by atoms with Crippen molar-refractivity contribution in [3.8, 4) is 0 Å². The summed E-state index contributed by atoms with van der Waals surface area (Å²) in [5.41, 5.74) is 0. The first kappa shape index (κ1) is 18.0. The predicted octanol–water partition coefficient (Wildman–Crippen LogP) is 4.50. The molecule has 104 valence electrons. The summed E-state index contributed by atoms with van der Waals surface area (Å²) in [6, 6.07) is 1.17. The topological polar surface area (TPSA) is 18.5 Å². The van der Waals surface area contributed by atoms with E-state index in [2.05, 4.69) is 45.8 Å². The summed E-state index contributed by atoms with van der Waals surface area (Å²) in [5.74, 6) is 0. The third-order valence-corrected chi connectivity index (χ3v) is 33.6. The summed E-state index contributed by atoms with van der Waals surface area (Å²) in [4.78, 5) is 0. The van der Waals surface area contributed by atoms with Crippen LogP contribution in [0.4, 0.5) is 0 Å². The van der Waals surface area contributed by atoms with E-state index < -0.39 is 24.0 Å². The highest BCUT2D eigenvalue weighted by Gasteiger charge is 2.39. The van der Waals surface area contributed by atoms with E-state index in [1.165, 1.54) is 12.2 Å². The first-order valence-electron chi connectivity index (χ1n) is 6.34. The highest BCUT2D eigenvalue weighted by atomic mass is 31.6. The van der Waals surface area contributed by atoms with Gasteiger partial charge in [-0.05, 0) is 18.8 Å². The lowest BCUT2D eigenvalue weighted by Gasteiger charge is -2.40. The minimum atomic E-state index is -1.86. The molecule has 0 rings (SSSR count). The fourth-order valence-corrected chi connectivity index (χ4v) is 38.9. The molecule has 0 aliphatic heterocycles. The van der Waals surface area contributed by atoms with Crippen LogP contribution in [0, 0.1) is 0 Å². The molecule has 0 fully saturated rings. The normalized spacial score (nSPS) is 14.5. The van der Waals surface area contributed by atoms with Crippen LogP contribution in [0.25, 0.3) is 0 Å². The molecule has 0 radical (unpaired) electrons. The van der Waals surface area contributed by atoms with Gasteiger partial charge in [0, 0.05) is 14.2 Å². The van der Waals surface area contributed by atoms with Crippen molar-refractivity contribution in [1.29, 1.82) is 0 Å². The van der Waals surface area contributed by atoms with Crippen LogP contribution in [0.1, 0.15) is 0 Å². The zero-order valence-corrected chi connectivity index (χ0v) is 17.1. The van der Waals surface area contributed by atoms with Gasteiger partial charge < -0.3 is 8.85 Å². The van der Waals surface area contributed by atoms with E-state index in [0.717, 1.165) is 0 Å². The van der Waals surface area contributed by atoms with Crippen molar-refractivity contribution >= 4 is 31.1 Å². The monoisotopic (exact) mass is 310 g/mol. The van der Waals surface area contributed by atoms with E-state index in [-0.39, 0.29) is 7.02 Å². The molecule has 17 heavy (non-hydrogen) atoms. The van der Waals surface area contributed by atoms with E-state index in [1.54, 1.807) is 14.2 Å². The van der Waals surface area contributed by atoms with Gasteiger partial charge in [0.25, 0.3) is 0 Å². The van der Waals surface area contributed by atoms with Crippen LogP contribution in [0.2, 0.25) is 51.9 Å². The van der Waals surface area contributed by atoms with Crippen molar-refractivity contribution in [1.82, 2.24) is 0 Å². The molecule has 0 unspecified atom stereocenters. The summed E-state index contributed by atoms with van der Waals surface area (Å²) in [5, 5.41) is 0. The van der Waals surface area contributed by atoms with Crippen molar-refractivity contribution in [2.75, 3.05) is 20.4 Å². The molecule has 0 aromatic carbocycles. The van der Waals surface area contributed by atoms with Gasteiger partial charge in [0.1, 0.15) is 0 Å². The SMILES string of the molecule is CO[Si](C)(CCP([Si](C)(C)C)[Si](C)(C)C)OC. The molecule has 0 spiro atoms. The van der Waals surface area contributed by atoms with Crippen molar-refractivity contribution < 1.29 is 8.85 Å². The summed E-state index contributed by atoms with van der Waals surface area (Å²) < 4.78 is 11.2. The standard InChI is InChI=1S/C11H31O2PSi3/c1-12-17(9,13-2)11-10-14(15(3,4)5)16(6,7)8/h10-11H2,1-9H3. The van der Waals surface area contributed by atoms with Gasteiger partial charge in [-0.25, -0.2) is 0 Å². The van der Waals surface area contributed by atoms with Crippen molar-refractivity contribution in [2.24, 2.45) is 0 Å². The summed E-state index contributed by atoms with van der Waals surface area (Å²) in [6.45, 7) is 17.4. The van der Waals surface area contributed by atoms with Gasteiger partial charge in [0.05, 0.1) is 15.5 Å². The molecule has 0 atom stereocenters. The number of hydrogen-bond acceptors (Lipinski definition) is 2. The minimum absolute atomic E-state index is 0.234. The Morgan fingerprint density at radius 3 is 1.35 bits per heavy atom. The fraction of sp³-hybridized carbons (Fsp3) is 1.00. The molecule has 0 saturated carbocycles. The van der Waals surface area contributed by atoms with Crippen molar-refractivity contribution in [3.05, 3.63) is 0 Å². The molecule has 0 amide bonds. The predicted molar refractivity (Wildman–Crippen MR) is 88.9 cm³/mol. The summed E-state index contributed by atoms with van der Waals surface area (Å²) >= 11 is 0. The molecule has 0 N–H and O–H groups in total. The quantitative estimate of drug-likeness (QED) is 0.509. The number of rotatable bonds is 7. The Bertz CT molecular complexity index is 218.